The van der Waals surface area contributed by atoms with Gasteiger partial charge in [0.1, 0.15) is 5.75 Å². The number of aromatic hydroxyl groups is 1. The van der Waals surface area contributed by atoms with E-state index in [1.54, 1.807) is 12.1 Å². The van der Waals surface area contributed by atoms with Crippen molar-refractivity contribution in [2.45, 2.75) is 43.8 Å². The third-order valence-electron chi connectivity index (χ3n) is 5.39. The van der Waals surface area contributed by atoms with Crippen LogP contribution in [-0.4, -0.2) is 45.1 Å². The van der Waals surface area contributed by atoms with Gasteiger partial charge < -0.3 is 20.6 Å². The molecule has 2 aromatic rings. The first-order valence-electron chi connectivity index (χ1n) is 8.76. The Morgan fingerprint density at radius 1 is 1.27 bits per heavy atom. The van der Waals surface area contributed by atoms with Crippen LogP contribution in [0.25, 0.3) is 0 Å². The highest BCUT2D eigenvalue weighted by atomic mass is 35.5. The van der Waals surface area contributed by atoms with Crippen LogP contribution in [0.2, 0.25) is 5.02 Å². The molecule has 2 aliphatic heterocycles. The van der Waals surface area contributed by atoms with Crippen molar-refractivity contribution in [3.05, 3.63) is 35.2 Å². The zero-order chi connectivity index (χ0) is 18.3. The summed E-state index contributed by atoms with van der Waals surface area (Å²) in [6, 6.07) is 6.02. The van der Waals surface area contributed by atoms with Gasteiger partial charge in [0.2, 0.25) is 5.95 Å². The van der Waals surface area contributed by atoms with E-state index in [2.05, 4.69) is 32.5 Å². The Morgan fingerprint density at radius 2 is 2.00 bits per heavy atom. The Labute approximate surface area is 156 Å². The number of hydrogen-bond acceptors (Lipinski definition) is 6. The van der Waals surface area contributed by atoms with E-state index >= 15 is 0 Å². The van der Waals surface area contributed by atoms with Crippen LogP contribution >= 0.6 is 11.6 Å². The lowest BCUT2D eigenvalue weighted by atomic mass is 9.98. The number of rotatable bonds is 4. The molecule has 2 saturated heterocycles. The van der Waals surface area contributed by atoms with E-state index in [9.17, 15) is 9.50 Å². The van der Waals surface area contributed by atoms with Crippen LogP contribution in [0.4, 0.5) is 21.8 Å². The molecule has 0 amide bonds. The molecule has 26 heavy (non-hydrogen) atoms. The summed E-state index contributed by atoms with van der Waals surface area (Å²) >= 11 is 5.90. The zero-order valence-corrected chi connectivity index (χ0v) is 15.2. The predicted molar refractivity (Wildman–Crippen MR) is 99.6 cm³/mol. The fraction of sp³-hybridized carbons (Fsp3) is 0.444. The van der Waals surface area contributed by atoms with Crippen LogP contribution in [0, 0.1) is 5.82 Å². The van der Waals surface area contributed by atoms with Crippen LogP contribution in [0.15, 0.2) is 24.4 Å². The molecule has 1 aromatic heterocycles. The number of fused-ring (bicyclic) bond motifs is 2. The van der Waals surface area contributed by atoms with Crippen molar-refractivity contribution in [1.82, 2.24) is 14.9 Å². The molecule has 2 bridgehead atoms. The summed E-state index contributed by atoms with van der Waals surface area (Å²) in [6.07, 6.45) is 5.56. The van der Waals surface area contributed by atoms with Gasteiger partial charge >= 0.3 is 0 Å². The summed E-state index contributed by atoms with van der Waals surface area (Å²) in [5.74, 6) is 0.00920. The quantitative estimate of drug-likeness (QED) is 0.705. The number of halogens is 2. The molecule has 0 aliphatic carbocycles. The maximum atomic E-state index is 14.2. The Morgan fingerprint density at radius 3 is 2.69 bits per heavy atom. The molecule has 0 saturated carbocycles. The molecule has 2 aliphatic rings. The fourth-order valence-corrected chi connectivity index (χ4v) is 4.15. The largest absolute Gasteiger partial charge is 0.506 e. The van der Waals surface area contributed by atoms with Gasteiger partial charge in [-0.1, -0.05) is 11.6 Å². The molecule has 3 heterocycles. The average molecular weight is 378 g/mol. The first-order chi connectivity index (χ1) is 12.5. The van der Waals surface area contributed by atoms with Gasteiger partial charge in [-0.25, -0.2) is 9.37 Å². The van der Waals surface area contributed by atoms with Crippen LogP contribution < -0.4 is 10.6 Å². The van der Waals surface area contributed by atoms with Crippen LogP contribution in [0.3, 0.4) is 0 Å². The molecule has 0 spiro atoms. The van der Waals surface area contributed by atoms with Crippen molar-refractivity contribution < 1.29 is 9.50 Å². The predicted octanol–water partition coefficient (Wildman–Crippen LogP) is 3.76. The Hall–Kier alpha value is -2.12. The number of anilines is 3. The van der Waals surface area contributed by atoms with Gasteiger partial charge in [0.25, 0.3) is 0 Å². The average Bonchev–Trinajstić information content (AvgIpc) is 2.82. The molecule has 2 unspecified atom stereocenters. The highest BCUT2D eigenvalue weighted by Gasteiger charge is 2.38. The van der Waals surface area contributed by atoms with E-state index in [1.807, 2.05) is 0 Å². The van der Waals surface area contributed by atoms with Crippen LogP contribution in [0.1, 0.15) is 25.7 Å². The normalized spacial score (nSPS) is 25.3. The Bertz CT molecular complexity index is 806. The molecule has 3 N–H and O–H groups in total. The number of nitrogens with zero attached hydrogens (tertiary/aromatic N) is 3. The first kappa shape index (κ1) is 17.3. The summed E-state index contributed by atoms with van der Waals surface area (Å²) in [4.78, 5) is 10.7. The van der Waals surface area contributed by atoms with Gasteiger partial charge in [0.05, 0.1) is 11.2 Å². The Kier molecular flexibility index (Phi) is 4.58. The molecular weight excluding hydrogens is 357 g/mol. The topological polar surface area (TPSA) is 73.3 Å². The highest BCUT2D eigenvalue weighted by molar-refractivity contribution is 6.32. The highest BCUT2D eigenvalue weighted by Crippen LogP contribution is 2.35. The number of aromatic nitrogens is 2. The van der Waals surface area contributed by atoms with Crippen molar-refractivity contribution in [1.29, 1.82) is 0 Å². The molecular formula is C18H21ClFN5O. The van der Waals surface area contributed by atoms with Crippen molar-refractivity contribution in [3.8, 4) is 5.75 Å². The van der Waals surface area contributed by atoms with Gasteiger partial charge in [-0.15, -0.1) is 0 Å². The minimum Gasteiger partial charge on any atom is -0.506 e. The first-order valence-corrected chi connectivity index (χ1v) is 9.14. The van der Waals surface area contributed by atoms with Crippen molar-refractivity contribution >= 4 is 29.1 Å². The van der Waals surface area contributed by atoms with E-state index in [0.29, 0.717) is 17.8 Å². The molecule has 2 fully saturated rings. The maximum absolute atomic E-state index is 14.2. The molecule has 2 atom stereocenters. The smallest absolute Gasteiger partial charge is 0.229 e. The van der Waals surface area contributed by atoms with Crippen LogP contribution in [0.5, 0.6) is 5.75 Å². The van der Waals surface area contributed by atoms with Crippen molar-refractivity contribution in [3.63, 3.8) is 0 Å². The SMILES string of the molecule is CN1C2CCC1CC(Nc1nc(Nc3ccc(O)c(Cl)c3)ncc1F)C2. The van der Waals surface area contributed by atoms with E-state index < -0.39 is 5.82 Å². The van der Waals surface area contributed by atoms with Gasteiger partial charge in [0, 0.05) is 23.8 Å². The number of piperidine rings is 1. The lowest BCUT2D eigenvalue weighted by Crippen LogP contribution is -2.44. The summed E-state index contributed by atoms with van der Waals surface area (Å²) in [7, 11) is 2.18. The molecule has 1 aromatic carbocycles. The second-order valence-electron chi connectivity index (χ2n) is 7.04. The molecule has 4 rings (SSSR count). The van der Waals surface area contributed by atoms with Gasteiger partial charge in [-0.2, -0.15) is 4.98 Å². The number of nitrogens with one attached hydrogen (secondary N) is 2. The van der Waals surface area contributed by atoms with Crippen molar-refractivity contribution in [2.24, 2.45) is 0 Å². The minimum atomic E-state index is -0.467. The lowest BCUT2D eigenvalue weighted by molar-refractivity contribution is 0.168. The summed E-state index contributed by atoms with van der Waals surface area (Å²) in [5.41, 5.74) is 0.614. The lowest BCUT2D eigenvalue weighted by Gasteiger charge is -2.36. The second kappa shape index (κ2) is 6.89. The van der Waals surface area contributed by atoms with Crippen LogP contribution in [-0.2, 0) is 0 Å². The summed E-state index contributed by atoms with van der Waals surface area (Å²) in [6.45, 7) is 0. The second-order valence-corrected chi connectivity index (χ2v) is 7.45. The Balaban J connectivity index is 1.48. The third-order valence-corrected chi connectivity index (χ3v) is 5.69. The third kappa shape index (κ3) is 3.41. The van der Waals surface area contributed by atoms with Gasteiger partial charge in [0.15, 0.2) is 11.6 Å². The standard InChI is InChI=1S/C18H21ClFN5O/c1-25-12-3-4-13(25)7-11(6-12)22-17-15(20)9-21-18(24-17)23-10-2-5-16(26)14(19)8-10/h2,5,8-9,11-13,26H,3-4,6-7H2,1H3,(H2,21,22,23,24). The monoisotopic (exact) mass is 377 g/mol. The van der Waals surface area contributed by atoms with Gasteiger partial charge in [-0.05, 0) is 50.9 Å². The van der Waals surface area contributed by atoms with E-state index in [1.165, 1.54) is 18.9 Å². The number of phenolic OH excluding ortho intramolecular Hbond substituents is 1. The van der Waals surface area contributed by atoms with Gasteiger partial charge in [-0.3, -0.25) is 0 Å². The summed E-state index contributed by atoms with van der Waals surface area (Å²) in [5, 5.41) is 15.9. The number of benzene rings is 1. The van der Waals surface area contributed by atoms with Crippen molar-refractivity contribution in [2.75, 3.05) is 17.7 Å². The van der Waals surface area contributed by atoms with E-state index in [-0.39, 0.29) is 28.6 Å². The fourth-order valence-electron chi connectivity index (χ4n) is 3.97. The molecule has 8 heteroatoms. The maximum Gasteiger partial charge on any atom is 0.229 e. The molecule has 6 nitrogen and oxygen atoms in total. The minimum absolute atomic E-state index is 0.00325. The van der Waals surface area contributed by atoms with E-state index in [0.717, 1.165) is 19.0 Å². The number of phenols is 1. The zero-order valence-electron chi connectivity index (χ0n) is 14.4. The summed E-state index contributed by atoms with van der Waals surface area (Å²) < 4.78 is 14.2. The molecule has 0 radical (unpaired) electrons. The van der Waals surface area contributed by atoms with E-state index in [4.69, 9.17) is 11.6 Å². The number of hydrogen-bond donors (Lipinski definition) is 3. The molecule has 138 valence electrons.